The summed E-state index contributed by atoms with van der Waals surface area (Å²) in [6, 6.07) is 0.953. The summed E-state index contributed by atoms with van der Waals surface area (Å²) in [7, 11) is -5.48. The number of carbonyl (C=O) groups is 1. The number of rotatable bonds is 21. The normalized spacial score (nSPS) is 12.7. The third-order valence-electron chi connectivity index (χ3n) is 3.89. The first-order valence-electron chi connectivity index (χ1n) is 11.8. The fourth-order valence-electron chi connectivity index (χ4n) is 2.99. The van der Waals surface area contributed by atoms with E-state index < -0.39 is 31.2 Å². The summed E-state index contributed by atoms with van der Waals surface area (Å²) >= 11 is 0. The number of hydrogen-bond donors (Lipinski definition) is 0. The predicted molar refractivity (Wildman–Crippen MR) is 139 cm³/mol. The van der Waals surface area contributed by atoms with Crippen LogP contribution in [0.15, 0.2) is 12.2 Å². The van der Waals surface area contributed by atoms with Gasteiger partial charge in [0.25, 0.3) is 0 Å². The molecule has 8 nitrogen and oxygen atoms in total. The third-order valence-corrected chi connectivity index (χ3v) is 13.5. The molecule has 0 spiro atoms. The molecule has 0 unspecified atom stereocenters. The number of ether oxygens (including phenoxy) is 5. The highest BCUT2D eigenvalue weighted by atomic mass is 28.5. The van der Waals surface area contributed by atoms with Gasteiger partial charge in [-0.2, -0.15) is 0 Å². The van der Waals surface area contributed by atoms with Gasteiger partial charge in [0.1, 0.15) is 6.61 Å². The smallest absolute Gasteiger partial charge is 0.333 e. The second kappa shape index (κ2) is 17.1. The first-order valence-corrected chi connectivity index (χ1v) is 21.1. The van der Waals surface area contributed by atoms with Crippen molar-refractivity contribution in [1.82, 2.24) is 0 Å². The van der Waals surface area contributed by atoms with Crippen molar-refractivity contribution in [3.05, 3.63) is 12.2 Å². The maximum absolute atomic E-state index is 11.2. The molecule has 0 aliphatic carbocycles. The van der Waals surface area contributed by atoms with Crippen LogP contribution in [0.2, 0.25) is 51.9 Å². The van der Waals surface area contributed by atoms with Crippen LogP contribution in [0.4, 0.5) is 0 Å². The van der Waals surface area contributed by atoms with E-state index in [1.54, 1.807) is 6.92 Å². The largest absolute Gasteiger partial charge is 0.460 e. The Balaban J connectivity index is 3.64. The van der Waals surface area contributed by atoms with Crippen LogP contribution in [-0.2, 0) is 36.7 Å². The van der Waals surface area contributed by atoms with E-state index in [9.17, 15) is 4.79 Å². The fourth-order valence-corrected chi connectivity index (χ4v) is 15.5. The van der Waals surface area contributed by atoms with Crippen molar-refractivity contribution in [2.24, 2.45) is 0 Å². The van der Waals surface area contributed by atoms with E-state index in [1.165, 1.54) is 0 Å². The molecule has 0 N–H and O–H groups in total. The van der Waals surface area contributed by atoms with E-state index in [2.05, 4.69) is 52.4 Å². The molecule has 0 aromatic carbocycles. The van der Waals surface area contributed by atoms with E-state index >= 15 is 0 Å². The van der Waals surface area contributed by atoms with Crippen molar-refractivity contribution < 1.29 is 36.7 Å². The van der Waals surface area contributed by atoms with Crippen molar-refractivity contribution in [3.63, 3.8) is 0 Å². The zero-order chi connectivity index (χ0) is 25.4. The molecular weight excluding hydrogens is 476 g/mol. The average Bonchev–Trinajstić information content (AvgIpc) is 2.64. The van der Waals surface area contributed by atoms with E-state index in [4.69, 9.17) is 31.9 Å². The third kappa shape index (κ3) is 21.9. The molecular formula is C22H48O8Si3. The van der Waals surface area contributed by atoms with E-state index in [0.717, 1.165) is 12.5 Å². The Kier molecular flexibility index (Phi) is 16.9. The number of carbonyl (C=O) groups excluding carboxylic acids is 1. The summed E-state index contributed by atoms with van der Waals surface area (Å²) in [5.41, 5.74) is 0.382. The van der Waals surface area contributed by atoms with Crippen molar-refractivity contribution >= 4 is 31.2 Å². The minimum atomic E-state index is -2.17. The molecule has 0 aromatic heterocycles. The van der Waals surface area contributed by atoms with Gasteiger partial charge in [-0.25, -0.2) is 4.79 Å². The average molecular weight is 525 g/mol. The lowest BCUT2D eigenvalue weighted by atomic mass is 10.4. The summed E-state index contributed by atoms with van der Waals surface area (Å²) in [6.07, 6.45) is 0.938. The Hall–Kier alpha value is -0.379. The predicted octanol–water partition coefficient (Wildman–Crippen LogP) is 4.34. The minimum Gasteiger partial charge on any atom is -0.460 e. The van der Waals surface area contributed by atoms with Crippen LogP contribution >= 0.6 is 0 Å². The van der Waals surface area contributed by atoms with Gasteiger partial charge in [0, 0.05) is 12.2 Å². The summed E-state index contributed by atoms with van der Waals surface area (Å²) in [4.78, 5) is 11.2. The second-order valence-corrected chi connectivity index (χ2v) is 22.9. The molecule has 0 aliphatic rings. The highest BCUT2D eigenvalue weighted by Gasteiger charge is 2.39. The molecule has 0 saturated heterocycles. The molecule has 0 aromatic rings. The highest BCUT2D eigenvalue weighted by molar-refractivity contribution is 6.87. The second-order valence-electron chi connectivity index (χ2n) is 10.0. The Labute approximate surface area is 204 Å². The molecule has 0 atom stereocenters. The quantitative estimate of drug-likeness (QED) is 0.0949. The number of hydrogen-bond acceptors (Lipinski definition) is 8. The fraction of sp³-hybridized carbons (Fsp3) is 0.864. The van der Waals surface area contributed by atoms with Crippen LogP contribution in [0.3, 0.4) is 0 Å². The van der Waals surface area contributed by atoms with Gasteiger partial charge < -0.3 is 31.9 Å². The van der Waals surface area contributed by atoms with E-state index in [1.807, 2.05) is 0 Å². The molecule has 196 valence electrons. The van der Waals surface area contributed by atoms with Gasteiger partial charge in [0.05, 0.1) is 46.2 Å². The van der Waals surface area contributed by atoms with Crippen LogP contribution in [0.1, 0.15) is 13.3 Å². The van der Waals surface area contributed by atoms with Crippen LogP contribution in [0.5, 0.6) is 0 Å². The molecule has 11 heteroatoms. The molecule has 0 heterocycles. The topological polar surface area (TPSA) is 81.7 Å². The molecule has 33 heavy (non-hydrogen) atoms. The Morgan fingerprint density at radius 3 is 1.36 bits per heavy atom. The van der Waals surface area contributed by atoms with Gasteiger partial charge in [0.2, 0.25) is 0 Å². The maximum atomic E-state index is 11.2. The van der Waals surface area contributed by atoms with Crippen LogP contribution < -0.4 is 0 Å². The Bertz CT molecular complexity index is 531. The summed E-state index contributed by atoms with van der Waals surface area (Å²) in [5.74, 6) is -0.400. The van der Waals surface area contributed by atoms with Crippen LogP contribution in [0, 0.1) is 0 Å². The molecule has 0 amide bonds. The Morgan fingerprint density at radius 2 is 1.00 bits per heavy atom. The van der Waals surface area contributed by atoms with Crippen LogP contribution in [-0.4, -0.2) is 90.6 Å². The zero-order valence-corrected chi connectivity index (χ0v) is 25.3. The van der Waals surface area contributed by atoms with Gasteiger partial charge in [-0.05, 0) is 65.2 Å². The SMILES string of the molecule is C=C(C)C(=O)OCCOCCOCCOCCOCCC[Si](C)(O[Si](C)(C)C)O[Si](C)(C)C. The van der Waals surface area contributed by atoms with E-state index in [0.29, 0.717) is 58.4 Å². The van der Waals surface area contributed by atoms with Crippen molar-refractivity contribution in [2.75, 3.05) is 59.5 Å². The van der Waals surface area contributed by atoms with Crippen molar-refractivity contribution in [2.45, 2.75) is 65.2 Å². The van der Waals surface area contributed by atoms with Gasteiger partial charge in [-0.1, -0.05) is 6.58 Å². The van der Waals surface area contributed by atoms with Gasteiger partial charge >= 0.3 is 14.5 Å². The Morgan fingerprint density at radius 1 is 0.636 bits per heavy atom. The summed E-state index contributed by atoms with van der Waals surface area (Å²) in [5, 5.41) is 0. The molecule has 0 saturated carbocycles. The first-order chi connectivity index (χ1) is 15.2. The standard InChI is InChI=1S/C22H48O8Si3/c1-21(2)22(23)28-19-18-27-17-16-26-15-14-25-13-12-24-11-10-20-33(9,29-31(3,4)5)30-32(6,7)8/h1,10-20H2,2-9H3. The minimum absolute atomic E-state index is 0.215. The van der Waals surface area contributed by atoms with Crippen molar-refractivity contribution in [1.29, 1.82) is 0 Å². The molecule has 0 radical (unpaired) electrons. The number of esters is 1. The van der Waals surface area contributed by atoms with Crippen molar-refractivity contribution in [3.8, 4) is 0 Å². The molecule has 0 bridgehead atoms. The lowest BCUT2D eigenvalue weighted by Gasteiger charge is -2.38. The van der Waals surface area contributed by atoms with Gasteiger partial charge in [-0.3, -0.25) is 0 Å². The first kappa shape index (κ1) is 32.6. The van der Waals surface area contributed by atoms with E-state index in [-0.39, 0.29) is 6.61 Å². The zero-order valence-electron chi connectivity index (χ0n) is 22.3. The molecule has 0 rings (SSSR count). The summed E-state index contributed by atoms with van der Waals surface area (Å²) < 4.78 is 39.9. The lowest BCUT2D eigenvalue weighted by molar-refractivity contribution is -0.140. The van der Waals surface area contributed by atoms with Crippen LogP contribution in [0.25, 0.3) is 0 Å². The van der Waals surface area contributed by atoms with Gasteiger partial charge in [-0.15, -0.1) is 0 Å². The highest BCUT2D eigenvalue weighted by Crippen LogP contribution is 2.25. The lowest BCUT2D eigenvalue weighted by Crippen LogP contribution is -2.52. The van der Waals surface area contributed by atoms with Gasteiger partial charge in [0.15, 0.2) is 16.6 Å². The monoisotopic (exact) mass is 524 g/mol. The molecule has 0 fully saturated rings. The maximum Gasteiger partial charge on any atom is 0.333 e. The molecule has 0 aliphatic heterocycles. The summed E-state index contributed by atoms with van der Waals surface area (Å²) in [6.45, 7) is 24.9.